The minimum atomic E-state index is -0.224. The number of ether oxygens (including phenoxy) is 1. The molecule has 1 unspecified atom stereocenters. The average Bonchev–Trinajstić information content (AvgIpc) is 2.66. The minimum absolute atomic E-state index is 0.0405. The number of hydrogen-bond donors (Lipinski definition) is 3. The van der Waals surface area contributed by atoms with Crippen molar-refractivity contribution in [3.05, 3.63) is 47.0 Å². The van der Waals surface area contributed by atoms with Crippen LogP contribution in [-0.4, -0.2) is 25.0 Å². The van der Waals surface area contributed by atoms with Crippen molar-refractivity contribution in [1.29, 1.82) is 0 Å². The van der Waals surface area contributed by atoms with Gasteiger partial charge in [-0.3, -0.25) is 9.59 Å². The first-order valence-electron chi connectivity index (χ1n) is 8.86. The fraction of sp³-hybridized carbons (Fsp3) is 0.300. The Morgan fingerprint density at radius 3 is 2.74 bits per heavy atom. The van der Waals surface area contributed by atoms with Crippen molar-refractivity contribution in [1.82, 2.24) is 0 Å². The Labute approximate surface area is 163 Å². The zero-order valence-corrected chi connectivity index (χ0v) is 16.0. The highest BCUT2D eigenvalue weighted by Crippen LogP contribution is 2.36. The molecule has 0 aromatic heterocycles. The smallest absolute Gasteiger partial charge is 0.262 e. The highest BCUT2D eigenvalue weighted by molar-refractivity contribution is 6.33. The molecule has 0 saturated heterocycles. The normalized spacial score (nSPS) is 13.8. The Morgan fingerprint density at radius 2 is 2.04 bits per heavy atom. The first kappa shape index (κ1) is 19.0. The van der Waals surface area contributed by atoms with E-state index in [1.807, 2.05) is 24.3 Å². The lowest BCUT2D eigenvalue weighted by atomic mass is 9.99. The molecule has 6 nitrogen and oxygen atoms in total. The molecule has 1 heterocycles. The third-order valence-corrected chi connectivity index (χ3v) is 4.83. The maximum absolute atomic E-state index is 12.2. The van der Waals surface area contributed by atoms with Gasteiger partial charge in [0.05, 0.1) is 22.9 Å². The number of nitrogens with one attached hydrogen (secondary N) is 3. The van der Waals surface area contributed by atoms with Gasteiger partial charge in [0.1, 0.15) is 5.75 Å². The van der Waals surface area contributed by atoms with Crippen molar-refractivity contribution in [2.45, 2.75) is 26.2 Å². The summed E-state index contributed by atoms with van der Waals surface area (Å²) in [7, 11) is 0. The second-order valence-corrected chi connectivity index (χ2v) is 6.91. The second kappa shape index (κ2) is 8.31. The predicted octanol–water partition coefficient (Wildman–Crippen LogP) is 4.24. The maximum atomic E-state index is 12.2. The molecule has 0 spiro atoms. The highest BCUT2D eigenvalue weighted by Gasteiger charge is 2.18. The van der Waals surface area contributed by atoms with Crippen molar-refractivity contribution in [3.63, 3.8) is 0 Å². The van der Waals surface area contributed by atoms with Crippen LogP contribution in [-0.2, 0) is 9.59 Å². The Morgan fingerprint density at radius 1 is 1.30 bits per heavy atom. The Hall–Kier alpha value is -2.73. The van der Waals surface area contributed by atoms with Crippen LogP contribution in [0.4, 0.5) is 17.1 Å². The lowest BCUT2D eigenvalue weighted by Crippen LogP contribution is -2.26. The number of anilines is 3. The number of carbonyl (C=O) groups is 2. The van der Waals surface area contributed by atoms with Gasteiger partial charge in [-0.05, 0) is 36.1 Å². The number of carbonyl (C=O) groups excluding carboxylic acids is 2. The molecule has 0 saturated carbocycles. The van der Waals surface area contributed by atoms with Gasteiger partial charge in [0.2, 0.25) is 5.91 Å². The van der Waals surface area contributed by atoms with Crippen molar-refractivity contribution in [2.24, 2.45) is 0 Å². The van der Waals surface area contributed by atoms with Gasteiger partial charge in [-0.1, -0.05) is 37.6 Å². The van der Waals surface area contributed by atoms with E-state index in [1.165, 1.54) is 5.56 Å². The number of halogens is 1. The standard InChI is InChI=1S/C20H22ClN3O3/c1-3-12(2)13-4-6-14(7-5-13)23-19(25)10-22-16-9-18-17(8-15(16)21)24-20(26)11-27-18/h4-9,12,22H,3,10-11H2,1-2H3,(H,23,25)(H,24,26). The van der Waals surface area contributed by atoms with E-state index in [0.717, 1.165) is 12.1 Å². The van der Waals surface area contributed by atoms with Crippen LogP contribution in [0.1, 0.15) is 31.7 Å². The number of hydrogen-bond acceptors (Lipinski definition) is 4. The monoisotopic (exact) mass is 387 g/mol. The summed E-state index contributed by atoms with van der Waals surface area (Å²) in [5.74, 6) is 0.601. The van der Waals surface area contributed by atoms with Gasteiger partial charge in [-0.25, -0.2) is 0 Å². The van der Waals surface area contributed by atoms with Crippen molar-refractivity contribution < 1.29 is 14.3 Å². The molecular formula is C20H22ClN3O3. The first-order valence-corrected chi connectivity index (χ1v) is 9.24. The molecule has 1 aliphatic rings. The summed E-state index contributed by atoms with van der Waals surface area (Å²) < 4.78 is 5.36. The quantitative estimate of drug-likeness (QED) is 0.692. The van der Waals surface area contributed by atoms with Crippen LogP contribution in [0.25, 0.3) is 0 Å². The molecule has 3 N–H and O–H groups in total. The van der Waals surface area contributed by atoms with E-state index in [2.05, 4.69) is 29.8 Å². The summed E-state index contributed by atoms with van der Waals surface area (Å²) in [5.41, 5.74) is 3.08. The predicted molar refractivity (Wildman–Crippen MR) is 108 cm³/mol. The van der Waals surface area contributed by atoms with Gasteiger partial charge in [-0.15, -0.1) is 0 Å². The van der Waals surface area contributed by atoms with Gasteiger partial charge in [0, 0.05) is 11.8 Å². The molecular weight excluding hydrogens is 366 g/mol. The van der Waals surface area contributed by atoms with E-state index < -0.39 is 0 Å². The molecule has 0 bridgehead atoms. The van der Waals surface area contributed by atoms with Gasteiger partial charge in [0.25, 0.3) is 5.91 Å². The van der Waals surface area contributed by atoms with E-state index in [4.69, 9.17) is 16.3 Å². The number of benzene rings is 2. The van der Waals surface area contributed by atoms with Gasteiger partial charge < -0.3 is 20.7 Å². The van der Waals surface area contributed by atoms with Crippen molar-refractivity contribution >= 4 is 40.5 Å². The molecule has 1 atom stereocenters. The molecule has 0 radical (unpaired) electrons. The first-order chi connectivity index (χ1) is 13.0. The highest BCUT2D eigenvalue weighted by atomic mass is 35.5. The van der Waals surface area contributed by atoms with Crippen LogP contribution < -0.4 is 20.7 Å². The summed E-state index contributed by atoms with van der Waals surface area (Å²) in [5, 5.41) is 8.93. The van der Waals surface area contributed by atoms with Crippen molar-refractivity contribution in [2.75, 3.05) is 29.1 Å². The summed E-state index contributed by atoms with van der Waals surface area (Å²) in [6.45, 7) is 4.34. The molecule has 2 aromatic rings. The van der Waals surface area contributed by atoms with E-state index >= 15 is 0 Å². The van der Waals surface area contributed by atoms with Crippen LogP contribution in [0.2, 0.25) is 5.02 Å². The lowest BCUT2D eigenvalue weighted by Gasteiger charge is -2.20. The molecule has 7 heteroatoms. The molecule has 3 rings (SSSR count). The summed E-state index contributed by atoms with van der Waals surface area (Å²) in [4.78, 5) is 23.5. The summed E-state index contributed by atoms with van der Waals surface area (Å²) >= 11 is 6.21. The number of fused-ring (bicyclic) bond motifs is 1. The van der Waals surface area contributed by atoms with E-state index in [0.29, 0.717) is 28.1 Å². The molecule has 1 aliphatic heterocycles. The van der Waals surface area contributed by atoms with Crippen LogP contribution in [0.15, 0.2) is 36.4 Å². The van der Waals surface area contributed by atoms with Gasteiger partial charge >= 0.3 is 0 Å². The fourth-order valence-corrected chi connectivity index (χ4v) is 2.98. The average molecular weight is 388 g/mol. The zero-order chi connectivity index (χ0) is 19.4. The number of amides is 2. The summed E-state index contributed by atoms with van der Waals surface area (Å²) in [6.07, 6.45) is 1.07. The van der Waals surface area contributed by atoms with E-state index in [9.17, 15) is 9.59 Å². The van der Waals surface area contributed by atoms with Crippen LogP contribution >= 0.6 is 11.6 Å². The molecule has 142 valence electrons. The van der Waals surface area contributed by atoms with E-state index in [1.54, 1.807) is 12.1 Å². The Balaban J connectivity index is 1.58. The maximum Gasteiger partial charge on any atom is 0.262 e. The second-order valence-electron chi connectivity index (χ2n) is 6.50. The van der Waals surface area contributed by atoms with Crippen LogP contribution in [0.3, 0.4) is 0 Å². The van der Waals surface area contributed by atoms with Crippen molar-refractivity contribution in [3.8, 4) is 5.75 Å². The molecule has 2 aromatic carbocycles. The third kappa shape index (κ3) is 4.71. The van der Waals surface area contributed by atoms with Gasteiger partial charge in [0.15, 0.2) is 6.61 Å². The molecule has 27 heavy (non-hydrogen) atoms. The Bertz CT molecular complexity index is 852. The summed E-state index contributed by atoms with van der Waals surface area (Å²) in [6, 6.07) is 11.1. The fourth-order valence-electron chi connectivity index (χ4n) is 2.75. The largest absolute Gasteiger partial charge is 0.482 e. The number of rotatable bonds is 6. The van der Waals surface area contributed by atoms with Crippen LogP contribution in [0, 0.1) is 0 Å². The molecule has 0 fully saturated rings. The molecule has 0 aliphatic carbocycles. The Kier molecular flexibility index (Phi) is 5.86. The molecule has 2 amide bonds. The zero-order valence-electron chi connectivity index (χ0n) is 15.3. The van der Waals surface area contributed by atoms with Crippen LogP contribution in [0.5, 0.6) is 5.75 Å². The van der Waals surface area contributed by atoms with Gasteiger partial charge in [-0.2, -0.15) is 0 Å². The van der Waals surface area contributed by atoms with E-state index in [-0.39, 0.29) is 25.0 Å². The topological polar surface area (TPSA) is 79.5 Å². The minimum Gasteiger partial charge on any atom is -0.482 e. The SMILES string of the molecule is CCC(C)c1ccc(NC(=O)CNc2cc3c(cc2Cl)NC(=O)CO3)cc1. The lowest BCUT2D eigenvalue weighted by molar-refractivity contribution is -0.118. The third-order valence-electron chi connectivity index (χ3n) is 4.52.